The number of Topliss-reactive ketones (excluding diaryl/α,β-unsaturated/α-hetero) is 1. The van der Waals surface area contributed by atoms with Gasteiger partial charge in [0.15, 0.2) is 5.78 Å². The zero-order valence-electron chi connectivity index (χ0n) is 10.8. The second-order valence-electron chi connectivity index (χ2n) is 4.24. The number of carbonyl (C=O) groups excluding carboxylic acids is 2. The molecular weight excluding hydrogens is 260 g/mol. The number of nitrogens with zero attached hydrogens (tertiary/aromatic N) is 1. The van der Waals surface area contributed by atoms with E-state index in [4.69, 9.17) is 0 Å². The number of rotatable bonds is 4. The van der Waals surface area contributed by atoms with Gasteiger partial charge in [-0.05, 0) is 38.1 Å². The number of anilines is 1. The van der Waals surface area contributed by atoms with Crippen molar-refractivity contribution in [2.24, 2.45) is 0 Å². The van der Waals surface area contributed by atoms with Gasteiger partial charge in [0.1, 0.15) is 5.01 Å². The quantitative estimate of drug-likeness (QED) is 0.872. The zero-order valence-corrected chi connectivity index (χ0v) is 11.6. The number of hydrogen-bond acceptors (Lipinski definition) is 4. The first-order chi connectivity index (χ1) is 9.04. The van der Waals surface area contributed by atoms with Gasteiger partial charge < -0.3 is 5.32 Å². The van der Waals surface area contributed by atoms with Gasteiger partial charge >= 0.3 is 0 Å². The molecule has 0 aliphatic heterocycles. The van der Waals surface area contributed by atoms with Crippen molar-refractivity contribution in [1.82, 2.24) is 4.98 Å². The Morgan fingerprint density at radius 2 is 1.95 bits per heavy atom. The molecule has 1 N–H and O–H groups in total. The number of ketones is 1. The SMILES string of the molecule is CC(=O)c1ccc(NC(=O)Cc2nc(C)cs2)cc1. The van der Waals surface area contributed by atoms with Crippen LogP contribution in [-0.2, 0) is 11.2 Å². The van der Waals surface area contributed by atoms with E-state index in [-0.39, 0.29) is 18.1 Å². The second-order valence-corrected chi connectivity index (χ2v) is 5.18. The fourth-order valence-electron chi connectivity index (χ4n) is 1.61. The highest BCUT2D eigenvalue weighted by Crippen LogP contribution is 2.13. The molecule has 1 amide bonds. The molecule has 98 valence electrons. The number of thiazole rings is 1. The monoisotopic (exact) mass is 274 g/mol. The summed E-state index contributed by atoms with van der Waals surface area (Å²) in [7, 11) is 0. The predicted octanol–water partition coefficient (Wildman–Crippen LogP) is 2.84. The van der Waals surface area contributed by atoms with Gasteiger partial charge in [-0.1, -0.05) is 0 Å². The lowest BCUT2D eigenvalue weighted by Gasteiger charge is -2.04. The normalized spacial score (nSPS) is 10.2. The molecule has 0 fully saturated rings. The topological polar surface area (TPSA) is 59.1 Å². The van der Waals surface area contributed by atoms with Crippen LogP contribution in [0.25, 0.3) is 0 Å². The molecule has 0 spiro atoms. The molecule has 0 saturated carbocycles. The minimum Gasteiger partial charge on any atom is -0.326 e. The maximum absolute atomic E-state index is 11.8. The van der Waals surface area contributed by atoms with E-state index in [1.54, 1.807) is 24.3 Å². The molecular formula is C14H14N2O2S. The van der Waals surface area contributed by atoms with Gasteiger partial charge in [-0.15, -0.1) is 11.3 Å². The lowest BCUT2D eigenvalue weighted by molar-refractivity contribution is -0.115. The molecule has 1 heterocycles. The predicted molar refractivity (Wildman–Crippen MR) is 75.6 cm³/mol. The van der Waals surface area contributed by atoms with E-state index in [2.05, 4.69) is 10.3 Å². The molecule has 0 bridgehead atoms. The smallest absolute Gasteiger partial charge is 0.231 e. The van der Waals surface area contributed by atoms with Crippen LogP contribution in [0.3, 0.4) is 0 Å². The van der Waals surface area contributed by atoms with Crippen molar-refractivity contribution < 1.29 is 9.59 Å². The van der Waals surface area contributed by atoms with E-state index in [1.165, 1.54) is 18.3 Å². The first-order valence-corrected chi connectivity index (χ1v) is 6.74. The second kappa shape index (κ2) is 5.75. The highest BCUT2D eigenvalue weighted by Gasteiger charge is 2.07. The Hall–Kier alpha value is -2.01. The van der Waals surface area contributed by atoms with Crippen LogP contribution >= 0.6 is 11.3 Å². The van der Waals surface area contributed by atoms with E-state index in [9.17, 15) is 9.59 Å². The summed E-state index contributed by atoms with van der Waals surface area (Å²) < 4.78 is 0. The van der Waals surface area contributed by atoms with Gasteiger partial charge in [-0.2, -0.15) is 0 Å². The van der Waals surface area contributed by atoms with Gasteiger partial charge in [-0.25, -0.2) is 4.98 Å². The van der Waals surface area contributed by atoms with E-state index in [0.717, 1.165) is 10.7 Å². The molecule has 19 heavy (non-hydrogen) atoms. The molecule has 1 aromatic heterocycles. The molecule has 0 aliphatic rings. The third-order valence-corrected chi connectivity index (χ3v) is 3.52. The van der Waals surface area contributed by atoms with Crippen LogP contribution in [0.5, 0.6) is 0 Å². The first-order valence-electron chi connectivity index (χ1n) is 5.86. The highest BCUT2D eigenvalue weighted by atomic mass is 32.1. The number of amides is 1. The summed E-state index contributed by atoms with van der Waals surface area (Å²) in [4.78, 5) is 27.2. The summed E-state index contributed by atoms with van der Waals surface area (Å²) >= 11 is 1.48. The molecule has 0 atom stereocenters. The van der Waals surface area contributed by atoms with Crippen molar-refractivity contribution in [1.29, 1.82) is 0 Å². The van der Waals surface area contributed by atoms with Gasteiger partial charge in [0, 0.05) is 22.3 Å². The molecule has 0 aliphatic carbocycles. The Morgan fingerprint density at radius 3 is 2.47 bits per heavy atom. The lowest BCUT2D eigenvalue weighted by Crippen LogP contribution is -2.14. The van der Waals surface area contributed by atoms with Crippen molar-refractivity contribution in [3.8, 4) is 0 Å². The maximum atomic E-state index is 11.8. The van der Waals surface area contributed by atoms with E-state index < -0.39 is 0 Å². The Kier molecular flexibility index (Phi) is 4.06. The van der Waals surface area contributed by atoms with E-state index in [1.807, 2.05) is 12.3 Å². The van der Waals surface area contributed by atoms with Crippen molar-refractivity contribution >= 4 is 28.7 Å². The van der Waals surface area contributed by atoms with Crippen LogP contribution in [0.1, 0.15) is 28.0 Å². The molecule has 5 heteroatoms. The van der Waals surface area contributed by atoms with Crippen LogP contribution in [0.2, 0.25) is 0 Å². The average Bonchev–Trinajstić information content (AvgIpc) is 2.75. The Balaban J connectivity index is 1.97. The van der Waals surface area contributed by atoms with Gasteiger partial charge in [0.25, 0.3) is 0 Å². The van der Waals surface area contributed by atoms with E-state index >= 15 is 0 Å². The Labute approximate surface area is 115 Å². The van der Waals surface area contributed by atoms with Gasteiger partial charge in [-0.3, -0.25) is 9.59 Å². The van der Waals surface area contributed by atoms with E-state index in [0.29, 0.717) is 11.3 Å². The van der Waals surface area contributed by atoms with Crippen LogP contribution in [-0.4, -0.2) is 16.7 Å². The van der Waals surface area contributed by atoms with Gasteiger partial charge in [0.2, 0.25) is 5.91 Å². The van der Waals surface area contributed by atoms with Gasteiger partial charge in [0.05, 0.1) is 6.42 Å². The summed E-state index contributed by atoms with van der Waals surface area (Å²) in [6.07, 6.45) is 0.271. The number of hydrogen-bond donors (Lipinski definition) is 1. The molecule has 1 aromatic carbocycles. The van der Waals surface area contributed by atoms with Crippen molar-refractivity contribution in [3.63, 3.8) is 0 Å². The van der Waals surface area contributed by atoms with Crippen LogP contribution < -0.4 is 5.32 Å². The Bertz CT molecular complexity index is 602. The molecule has 4 nitrogen and oxygen atoms in total. The molecule has 0 saturated heterocycles. The number of benzene rings is 1. The molecule has 0 unspecified atom stereocenters. The van der Waals surface area contributed by atoms with Crippen molar-refractivity contribution in [3.05, 3.63) is 45.9 Å². The summed E-state index contributed by atoms with van der Waals surface area (Å²) in [5.74, 6) is -0.0962. The minimum absolute atomic E-state index is 0.0103. The standard InChI is InChI=1S/C14H14N2O2S/c1-9-8-19-14(15-9)7-13(18)16-12-5-3-11(4-6-12)10(2)17/h3-6,8H,7H2,1-2H3,(H,16,18). The lowest BCUT2D eigenvalue weighted by atomic mass is 10.1. The highest BCUT2D eigenvalue weighted by molar-refractivity contribution is 7.09. The zero-order chi connectivity index (χ0) is 13.8. The molecule has 0 radical (unpaired) electrons. The molecule has 2 aromatic rings. The summed E-state index contributed by atoms with van der Waals surface area (Å²) in [5.41, 5.74) is 2.25. The molecule has 2 rings (SSSR count). The van der Waals surface area contributed by atoms with Crippen molar-refractivity contribution in [2.75, 3.05) is 5.32 Å². The summed E-state index contributed by atoms with van der Waals surface area (Å²) in [5, 5.41) is 5.50. The minimum atomic E-state index is -0.107. The number of carbonyl (C=O) groups is 2. The number of aryl methyl sites for hydroxylation is 1. The van der Waals surface area contributed by atoms with Crippen molar-refractivity contribution in [2.45, 2.75) is 20.3 Å². The number of nitrogens with one attached hydrogen (secondary N) is 1. The number of aromatic nitrogens is 1. The largest absolute Gasteiger partial charge is 0.326 e. The van der Waals surface area contributed by atoms with Crippen LogP contribution in [0.15, 0.2) is 29.6 Å². The summed E-state index contributed by atoms with van der Waals surface area (Å²) in [6, 6.07) is 6.85. The fraction of sp³-hybridized carbons (Fsp3) is 0.214. The van der Waals surface area contributed by atoms with Crippen LogP contribution in [0, 0.1) is 6.92 Å². The first kappa shape index (κ1) is 13.4. The summed E-state index contributed by atoms with van der Waals surface area (Å²) in [6.45, 7) is 3.41. The third kappa shape index (κ3) is 3.72. The Morgan fingerprint density at radius 1 is 1.26 bits per heavy atom. The third-order valence-electron chi connectivity index (χ3n) is 2.55. The average molecular weight is 274 g/mol. The van der Waals surface area contributed by atoms with Crippen LogP contribution in [0.4, 0.5) is 5.69 Å². The fourth-order valence-corrected chi connectivity index (χ4v) is 2.39. The maximum Gasteiger partial charge on any atom is 0.231 e.